The van der Waals surface area contributed by atoms with Gasteiger partial charge in [0.25, 0.3) is 0 Å². The number of carbonyl (C=O) groups excluding carboxylic acids is 2. The van der Waals surface area contributed by atoms with Crippen LogP contribution in [-0.2, 0) is 19.4 Å². The standard InChI is InChI=1S/C20H31N3O5S/c1-4-15(2)23(17-10-12-29(26,27)14-17)20(25)13-22(11-9-19(21)24)16-5-7-18(28-3)8-6-16/h5-8,15,17H,4,9-14H2,1-3H3,(H2,21,24). The third-order valence-corrected chi connectivity index (χ3v) is 7.10. The Bertz CT molecular complexity index is 810. The van der Waals surface area contributed by atoms with Crippen LogP contribution in [0.2, 0.25) is 0 Å². The van der Waals surface area contributed by atoms with Gasteiger partial charge in [0.1, 0.15) is 5.75 Å². The first-order chi connectivity index (χ1) is 13.7. The van der Waals surface area contributed by atoms with Crippen molar-refractivity contribution < 1.29 is 22.7 Å². The Hall–Kier alpha value is -2.29. The molecular formula is C20H31N3O5S. The number of sulfone groups is 1. The molecule has 1 aliphatic heterocycles. The average Bonchev–Trinajstić information content (AvgIpc) is 3.04. The first kappa shape index (κ1) is 23.0. The summed E-state index contributed by atoms with van der Waals surface area (Å²) in [4.78, 5) is 28.1. The van der Waals surface area contributed by atoms with Crippen molar-refractivity contribution in [2.24, 2.45) is 5.73 Å². The number of nitrogens with zero attached hydrogens (tertiary/aromatic N) is 2. The second-order valence-electron chi connectivity index (χ2n) is 7.45. The minimum atomic E-state index is -3.11. The number of rotatable bonds is 10. The summed E-state index contributed by atoms with van der Waals surface area (Å²) in [6, 6.07) is 6.83. The van der Waals surface area contributed by atoms with E-state index in [9.17, 15) is 18.0 Å². The molecule has 2 atom stereocenters. The maximum Gasteiger partial charge on any atom is 0.242 e. The second-order valence-corrected chi connectivity index (χ2v) is 9.68. The van der Waals surface area contributed by atoms with Gasteiger partial charge in [-0.2, -0.15) is 0 Å². The predicted octanol–water partition coefficient (Wildman–Crippen LogP) is 1.19. The number of hydrogen-bond acceptors (Lipinski definition) is 6. The van der Waals surface area contributed by atoms with Crippen molar-refractivity contribution in [3.63, 3.8) is 0 Å². The summed E-state index contributed by atoms with van der Waals surface area (Å²) < 4.78 is 29.1. The smallest absolute Gasteiger partial charge is 0.242 e. The van der Waals surface area contributed by atoms with Gasteiger partial charge in [-0.1, -0.05) is 6.92 Å². The third kappa shape index (κ3) is 6.35. The van der Waals surface area contributed by atoms with Crippen LogP contribution < -0.4 is 15.4 Å². The quantitative estimate of drug-likeness (QED) is 0.603. The number of hydrogen-bond donors (Lipinski definition) is 1. The average molecular weight is 426 g/mol. The normalized spacial score (nSPS) is 18.8. The number of carbonyl (C=O) groups is 2. The molecule has 1 heterocycles. The Morgan fingerprint density at radius 3 is 2.41 bits per heavy atom. The lowest BCUT2D eigenvalue weighted by molar-refractivity contribution is -0.134. The lowest BCUT2D eigenvalue weighted by Gasteiger charge is -2.36. The van der Waals surface area contributed by atoms with Crippen LogP contribution in [0.5, 0.6) is 5.75 Å². The molecule has 29 heavy (non-hydrogen) atoms. The molecule has 8 nitrogen and oxygen atoms in total. The van der Waals surface area contributed by atoms with E-state index in [2.05, 4.69) is 0 Å². The fourth-order valence-corrected chi connectivity index (χ4v) is 5.29. The maximum absolute atomic E-state index is 13.2. The highest BCUT2D eigenvalue weighted by Crippen LogP contribution is 2.24. The molecule has 0 saturated carbocycles. The highest BCUT2D eigenvalue weighted by molar-refractivity contribution is 7.91. The minimum Gasteiger partial charge on any atom is -0.497 e. The van der Waals surface area contributed by atoms with Gasteiger partial charge in [-0.15, -0.1) is 0 Å². The Balaban J connectivity index is 2.23. The van der Waals surface area contributed by atoms with Crippen LogP contribution in [0.1, 0.15) is 33.1 Å². The lowest BCUT2D eigenvalue weighted by Crippen LogP contribution is -2.50. The molecule has 1 aliphatic rings. The molecular weight excluding hydrogens is 394 g/mol. The summed E-state index contributed by atoms with van der Waals surface area (Å²) in [6.07, 6.45) is 1.30. The van der Waals surface area contributed by atoms with Crippen LogP contribution in [0.25, 0.3) is 0 Å². The topological polar surface area (TPSA) is 110 Å². The van der Waals surface area contributed by atoms with E-state index >= 15 is 0 Å². The SMILES string of the molecule is CCC(C)N(C(=O)CN(CCC(N)=O)c1ccc(OC)cc1)C1CCS(=O)(=O)C1. The van der Waals surface area contributed by atoms with E-state index in [1.807, 2.05) is 26.0 Å². The fraction of sp³-hybridized carbons (Fsp3) is 0.600. The summed E-state index contributed by atoms with van der Waals surface area (Å²) in [5.74, 6) is 0.208. The van der Waals surface area contributed by atoms with E-state index in [0.29, 0.717) is 18.7 Å². The number of ether oxygens (including phenoxy) is 1. The number of nitrogens with two attached hydrogens (primary N) is 1. The first-order valence-corrected chi connectivity index (χ1v) is 11.7. The van der Waals surface area contributed by atoms with Crippen LogP contribution in [0, 0.1) is 0 Å². The second kappa shape index (κ2) is 9.96. The zero-order chi connectivity index (χ0) is 21.6. The highest BCUT2D eigenvalue weighted by Gasteiger charge is 2.36. The number of benzene rings is 1. The van der Waals surface area contributed by atoms with Gasteiger partial charge in [-0.25, -0.2) is 8.42 Å². The van der Waals surface area contributed by atoms with Crippen LogP contribution in [-0.4, -0.2) is 68.9 Å². The molecule has 0 radical (unpaired) electrons. The van der Waals surface area contributed by atoms with Gasteiger partial charge in [0.2, 0.25) is 11.8 Å². The molecule has 1 aromatic carbocycles. The summed E-state index contributed by atoms with van der Waals surface area (Å²) in [7, 11) is -1.54. The van der Waals surface area contributed by atoms with Crippen molar-refractivity contribution in [2.45, 2.75) is 45.2 Å². The number of amides is 2. The van der Waals surface area contributed by atoms with Crippen molar-refractivity contribution in [3.05, 3.63) is 24.3 Å². The molecule has 0 aromatic heterocycles. The van der Waals surface area contributed by atoms with E-state index < -0.39 is 15.7 Å². The van der Waals surface area contributed by atoms with Gasteiger partial charge in [0, 0.05) is 30.7 Å². The van der Waals surface area contributed by atoms with Crippen molar-refractivity contribution in [1.29, 1.82) is 0 Å². The van der Waals surface area contributed by atoms with Crippen molar-refractivity contribution in [2.75, 3.05) is 36.6 Å². The van der Waals surface area contributed by atoms with E-state index in [0.717, 1.165) is 12.1 Å². The molecule has 0 bridgehead atoms. The van der Waals surface area contributed by atoms with E-state index in [-0.39, 0.29) is 42.5 Å². The zero-order valence-corrected chi connectivity index (χ0v) is 18.2. The van der Waals surface area contributed by atoms with Crippen molar-refractivity contribution >= 4 is 27.3 Å². The number of methoxy groups -OCH3 is 1. The summed E-state index contributed by atoms with van der Waals surface area (Å²) in [5.41, 5.74) is 6.07. The van der Waals surface area contributed by atoms with E-state index in [4.69, 9.17) is 10.5 Å². The summed E-state index contributed by atoms with van der Waals surface area (Å²) in [6.45, 7) is 4.25. The van der Waals surface area contributed by atoms with Crippen LogP contribution in [0.3, 0.4) is 0 Å². The Morgan fingerprint density at radius 1 is 1.28 bits per heavy atom. The van der Waals surface area contributed by atoms with E-state index in [1.165, 1.54) is 0 Å². The largest absolute Gasteiger partial charge is 0.497 e. The molecule has 1 saturated heterocycles. The van der Waals surface area contributed by atoms with Gasteiger partial charge in [0.15, 0.2) is 9.84 Å². The molecule has 162 valence electrons. The van der Waals surface area contributed by atoms with Crippen molar-refractivity contribution in [1.82, 2.24) is 4.90 Å². The Labute approximate surface area is 172 Å². The molecule has 2 unspecified atom stereocenters. The van der Waals surface area contributed by atoms with Gasteiger partial charge < -0.3 is 20.3 Å². The molecule has 2 amide bonds. The Morgan fingerprint density at radius 2 is 1.93 bits per heavy atom. The van der Waals surface area contributed by atoms with Crippen LogP contribution >= 0.6 is 0 Å². The van der Waals surface area contributed by atoms with Crippen LogP contribution in [0.15, 0.2) is 24.3 Å². The number of anilines is 1. The molecule has 0 aliphatic carbocycles. The first-order valence-electron chi connectivity index (χ1n) is 9.85. The van der Waals surface area contributed by atoms with Gasteiger partial charge in [-0.05, 0) is 44.0 Å². The lowest BCUT2D eigenvalue weighted by atomic mass is 10.1. The summed E-state index contributed by atoms with van der Waals surface area (Å²) in [5, 5.41) is 0. The molecule has 1 fully saturated rings. The van der Waals surface area contributed by atoms with Gasteiger partial charge in [-0.3, -0.25) is 9.59 Å². The fourth-order valence-electron chi connectivity index (χ4n) is 3.58. The Kier molecular flexibility index (Phi) is 7.89. The predicted molar refractivity (Wildman–Crippen MR) is 113 cm³/mol. The number of primary amides is 1. The van der Waals surface area contributed by atoms with Gasteiger partial charge >= 0.3 is 0 Å². The molecule has 2 rings (SSSR count). The molecule has 2 N–H and O–H groups in total. The molecule has 9 heteroatoms. The maximum atomic E-state index is 13.2. The monoisotopic (exact) mass is 425 g/mol. The highest BCUT2D eigenvalue weighted by atomic mass is 32.2. The molecule has 0 spiro atoms. The molecule has 1 aromatic rings. The van der Waals surface area contributed by atoms with Crippen LogP contribution in [0.4, 0.5) is 5.69 Å². The third-order valence-electron chi connectivity index (χ3n) is 5.35. The zero-order valence-electron chi connectivity index (χ0n) is 17.3. The van der Waals surface area contributed by atoms with Crippen molar-refractivity contribution in [3.8, 4) is 5.75 Å². The van der Waals surface area contributed by atoms with Gasteiger partial charge in [0.05, 0.1) is 25.2 Å². The summed E-state index contributed by atoms with van der Waals surface area (Å²) >= 11 is 0. The minimum absolute atomic E-state index is 0.00685. The van der Waals surface area contributed by atoms with E-state index in [1.54, 1.807) is 29.0 Å².